The molecule has 0 radical (unpaired) electrons. The van der Waals surface area contributed by atoms with Crippen LogP contribution in [-0.2, 0) is 9.47 Å². The second-order valence-electron chi connectivity index (χ2n) is 8.60. The van der Waals surface area contributed by atoms with Crippen LogP contribution in [0.5, 0.6) is 0 Å². The lowest BCUT2D eigenvalue weighted by atomic mass is 9.52. The Bertz CT molecular complexity index is 444. The zero-order valence-corrected chi connectivity index (χ0v) is 13.9. The number of aliphatic hydroxyl groups excluding tert-OH is 1. The number of aliphatic hydroxyl groups is 2. The fourth-order valence-electron chi connectivity index (χ4n) is 6.28. The standard InChI is InChI=1S/C18H30O4/c1-16(2)12-8-9-17(11-12)14(7-6-13(19)18(16,17)20)22-15-5-3-4-10-21-15/h12-15,19-20H,3-11H2,1-2H3/t12-,13-,14-,15?,17+,18+/m0/s1. The van der Waals surface area contributed by atoms with Crippen molar-refractivity contribution < 1.29 is 19.7 Å². The summed E-state index contributed by atoms with van der Waals surface area (Å²) in [5.41, 5.74) is -1.53. The fraction of sp³-hybridized carbons (Fsp3) is 1.00. The average Bonchev–Trinajstić information content (AvgIpc) is 3.02. The SMILES string of the molecule is CC1(C)[C@H]2CC[C@@]3(C2)[C@@H](OC2CCCCO2)CC[C@H](O)[C@@]13O. The molecule has 1 aliphatic heterocycles. The Morgan fingerprint density at radius 1 is 1.09 bits per heavy atom. The number of rotatable bonds is 2. The molecule has 3 saturated carbocycles. The van der Waals surface area contributed by atoms with E-state index in [-0.39, 0.29) is 23.2 Å². The smallest absolute Gasteiger partial charge is 0.157 e. The molecule has 0 aromatic heterocycles. The number of ether oxygens (including phenoxy) is 2. The van der Waals surface area contributed by atoms with E-state index in [1.807, 2.05) is 0 Å². The molecular formula is C18H30O4. The lowest BCUT2D eigenvalue weighted by Crippen LogP contribution is -2.68. The molecular weight excluding hydrogens is 280 g/mol. The van der Waals surface area contributed by atoms with Crippen LogP contribution < -0.4 is 0 Å². The molecule has 4 fully saturated rings. The fourth-order valence-corrected chi connectivity index (χ4v) is 6.28. The molecule has 2 N–H and O–H groups in total. The Hall–Kier alpha value is -0.160. The van der Waals surface area contributed by atoms with Gasteiger partial charge in [-0.3, -0.25) is 0 Å². The first-order valence-electron chi connectivity index (χ1n) is 9.09. The normalized spacial score (nSPS) is 53.5. The third-order valence-electron chi connectivity index (χ3n) is 7.57. The predicted molar refractivity (Wildman–Crippen MR) is 82.2 cm³/mol. The number of hydrogen-bond donors (Lipinski definition) is 2. The summed E-state index contributed by atoms with van der Waals surface area (Å²) in [5.74, 6) is 0.489. The van der Waals surface area contributed by atoms with Crippen LogP contribution in [-0.4, -0.2) is 40.9 Å². The van der Waals surface area contributed by atoms with E-state index in [9.17, 15) is 10.2 Å². The minimum atomic E-state index is -1.01. The average molecular weight is 310 g/mol. The monoisotopic (exact) mass is 310 g/mol. The largest absolute Gasteiger partial charge is 0.390 e. The van der Waals surface area contributed by atoms with Gasteiger partial charge in [0.05, 0.1) is 12.2 Å². The van der Waals surface area contributed by atoms with Gasteiger partial charge in [-0.05, 0) is 62.7 Å². The van der Waals surface area contributed by atoms with Crippen LogP contribution in [0, 0.1) is 16.7 Å². The number of fused-ring (bicyclic) bond motifs is 1. The van der Waals surface area contributed by atoms with Crippen LogP contribution in [0.25, 0.3) is 0 Å². The molecule has 0 aromatic rings. The second kappa shape index (κ2) is 4.92. The summed E-state index contributed by atoms with van der Waals surface area (Å²) >= 11 is 0. The molecule has 22 heavy (non-hydrogen) atoms. The van der Waals surface area contributed by atoms with Crippen LogP contribution in [0.1, 0.15) is 65.2 Å². The van der Waals surface area contributed by atoms with Crippen molar-refractivity contribution in [2.45, 2.75) is 89.3 Å². The van der Waals surface area contributed by atoms with Gasteiger partial charge in [0.1, 0.15) is 5.60 Å². The van der Waals surface area contributed by atoms with Crippen molar-refractivity contribution in [3.05, 3.63) is 0 Å². The molecule has 1 spiro atoms. The summed E-state index contributed by atoms with van der Waals surface area (Å²) in [7, 11) is 0. The Morgan fingerprint density at radius 2 is 1.91 bits per heavy atom. The maximum Gasteiger partial charge on any atom is 0.157 e. The minimum Gasteiger partial charge on any atom is -0.390 e. The molecule has 0 amide bonds. The van der Waals surface area contributed by atoms with Gasteiger partial charge in [0.2, 0.25) is 0 Å². The number of hydrogen-bond acceptors (Lipinski definition) is 4. The van der Waals surface area contributed by atoms with E-state index < -0.39 is 11.7 Å². The van der Waals surface area contributed by atoms with Gasteiger partial charge in [-0.15, -0.1) is 0 Å². The molecule has 1 unspecified atom stereocenters. The van der Waals surface area contributed by atoms with Crippen LogP contribution in [0.3, 0.4) is 0 Å². The molecule has 4 aliphatic rings. The van der Waals surface area contributed by atoms with Gasteiger partial charge in [0.15, 0.2) is 6.29 Å². The molecule has 0 aromatic carbocycles. The summed E-state index contributed by atoms with van der Waals surface area (Å²) in [6, 6.07) is 0. The van der Waals surface area contributed by atoms with Crippen LogP contribution in [0.4, 0.5) is 0 Å². The Morgan fingerprint density at radius 3 is 2.64 bits per heavy atom. The quantitative estimate of drug-likeness (QED) is 0.823. The van der Waals surface area contributed by atoms with E-state index in [2.05, 4.69) is 13.8 Å². The van der Waals surface area contributed by atoms with Crippen molar-refractivity contribution in [2.24, 2.45) is 16.7 Å². The third kappa shape index (κ3) is 1.73. The molecule has 4 rings (SSSR count). The van der Waals surface area contributed by atoms with E-state index in [0.717, 1.165) is 51.6 Å². The topological polar surface area (TPSA) is 58.9 Å². The summed E-state index contributed by atoms with van der Waals surface area (Å²) < 4.78 is 12.2. The van der Waals surface area contributed by atoms with E-state index in [1.165, 1.54) is 0 Å². The highest BCUT2D eigenvalue weighted by molar-refractivity contribution is 5.25. The molecule has 1 heterocycles. The first kappa shape index (κ1) is 15.4. The van der Waals surface area contributed by atoms with E-state index in [4.69, 9.17) is 9.47 Å². The molecule has 3 aliphatic carbocycles. The highest BCUT2D eigenvalue weighted by Gasteiger charge is 2.76. The zero-order valence-electron chi connectivity index (χ0n) is 13.9. The van der Waals surface area contributed by atoms with Gasteiger partial charge in [-0.1, -0.05) is 13.8 Å². The first-order valence-corrected chi connectivity index (χ1v) is 9.09. The summed E-state index contributed by atoms with van der Waals surface area (Å²) in [4.78, 5) is 0. The summed E-state index contributed by atoms with van der Waals surface area (Å²) in [6.45, 7) is 5.06. The molecule has 6 atom stereocenters. The maximum atomic E-state index is 11.6. The van der Waals surface area contributed by atoms with Gasteiger partial charge >= 0.3 is 0 Å². The second-order valence-corrected chi connectivity index (χ2v) is 8.60. The van der Waals surface area contributed by atoms with Crippen molar-refractivity contribution >= 4 is 0 Å². The molecule has 2 bridgehead atoms. The van der Waals surface area contributed by atoms with Crippen molar-refractivity contribution in [1.82, 2.24) is 0 Å². The summed E-state index contributed by atoms with van der Waals surface area (Å²) in [5, 5.41) is 22.3. The van der Waals surface area contributed by atoms with Crippen LogP contribution in [0.2, 0.25) is 0 Å². The zero-order chi connectivity index (χ0) is 15.6. The lowest BCUT2D eigenvalue weighted by Gasteiger charge is -2.59. The lowest BCUT2D eigenvalue weighted by molar-refractivity contribution is -0.293. The van der Waals surface area contributed by atoms with Crippen molar-refractivity contribution in [3.8, 4) is 0 Å². The Kier molecular flexibility index (Phi) is 3.44. The molecule has 1 saturated heterocycles. The Labute approximate surface area is 133 Å². The summed E-state index contributed by atoms with van der Waals surface area (Å²) in [6.07, 6.45) is 7.10. The van der Waals surface area contributed by atoms with Crippen LogP contribution in [0.15, 0.2) is 0 Å². The van der Waals surface area contributed by atoms with E-state index in [1.54, 1.807) is 0 Å². The molecule has 4 nitrogen and oxygen atoms in total. The van der Waals surface area contributed by atoms with E-state index in [0.29, 0.717) is 12.3 Å². The van der Waals surface area contributed by atoms with Gasteiger partial charge in [-0.25, -0.2) is 0 Å². The predicted octanol–water partition coefficient (Wildman–Crippen LogP) is 2.61. The van der Waals surface area contributed by atoms with E-state index >= 15 is 0 Å². The highest BCUT2D eigenvalue weighted by atomic mass is 16.7. The first-order chi connectivity index (χ1) is 10.4. The van der Waals surface area contributed by atoms with Gasteiger partial charge in [0.25, 0.3) is 0 Å². The maximum absolute atomic E-state index is 11.6. The molecule has 126 valence electrons. The van der Waals surface area contributed by atoms with Crippen LogP contribution >= 0.6 is 0 Å². The Balaban J connectivity index is 1.64. The van der Waals surface area contributed by atoms with Crippen molar-refractivity contribution in [3.63, 3.8) is 0 Å². The van der Waals surface area contributed by atoms with Gasteiger partial charge in [-0.2, -0.15) is 0 Å². The van der Waals surface area contributed by atoms with Crippen molar-refractivity contribution in [1.29, 1.82) is 0 Å². The minimum absolute atomic E-state index is 0.0239. The molecule has 4 heteroatoms. The van der Waals surface area contributed by atoms with Crippen molar-refractivity contribution in [2.75, 3.05) is 6.61 Å². The third-order valence-corrected chi connectivity index (χ3v) is 7.57. The van der Waals surface area contributed by atoms with Gasteiger partial charge < -0.3 is 19.7 Å². The highest BCUT2D eigenvalue weighted by Crippen LogP contribution is 2.73. The van der Waals surface area contributed by atoms with Gasteiger partial charge in [0, 0.05) is 12.0 Å².